The van der Waals surface area contributed by atoms with E-state index in [1.165, 1.54) is 17.4 Å². The van der Waals surface area contributed by atoms with Gasteiger partial charge in [0.05, 0.1) is 10.2 Å². The minimum absolute atomic E-state index is 0.312. The molecule has 0 saturated carbocycles. The third-order valence-electron chi connectivity index (χ3n) is 4.41. The van der Waals surface area contributed by atoms with Crippen molar-refractivity contribution in [3.8, 4) is 0 Å². The third-order valence-corrected chi connectivity index (χ3v) is 5.68. The molecule has 144 valence electrons. The molecule has 5 nitrogen and oxygen atoms in total. The number of carbonyl (C=O) groups is 2. The minimum Gasteiger partial charge on any atom is -0.479 e. The molecule has 4 aromatic rings. The molecule has 1 amide bonds. The number of carbonyl (C=O) groups excluding carboxylic acids is 1. The van der Waals surface area contributed by atoms with Crippen LogP contribution in [0.1, 0.15) is 22.0 Å². The Morgan fingerprint density at radius 2 is 1.69 bits per heavy atom. The van der Waals surface area contributed by atoms with Crippen LogP contribution in [0, 0.1) is 0 Å². The third kappa shape index (κ3) is 3.85. The number of benzene rings is 3. The smallest absolute Gasteiger partial charge is 0.331 e. The Balaban J connectivity index is 1.96. The molecule has 1 unspecified atom stereocenters. The highest BCUT2D eigenvalue weighted by Gasteiger charge is 2.25. The molecule has 0 aliphatic rings. The van der Waals surface area contributed by atoms with Gasteiger partial charge in [0.2, 0.25) is 0 Å². The lowest BCUT2D eigenvalue weighted by Crippen LogP contribution is -2.28. The number of nitrogens with zero attached hydrogens (tertiary/aromatic N) is 2. The van der Waals surface area contributed by atoms with Crippen LogP contribution < -0.4 is 4.80 Å². The van der Waals surface area contributed by atoms with Crippen LogP contribution in [-0.2, 0) is 4.79 Å². The zero-order chi connectivity index (χ0) is 20.4. The quantitative estimate of drug-likeness (QED) is 0.514. The van der Waals surface area contributed by atoms with Crippen molar-refractivity contribution < 1.29 is 14.7 Å². The van der Waals surface area contributed by atoms with Crippen molar-refractivity contribution in [2.45, 2.75) is 6.04 Å². The predicted molar refractivity (Wildman–Crippen MR) is 113 cm³/mol. The molecule has 0 aliphatic heterocycles. The number of carboxylic acid groups (broad SMARTS) is 1. The van der Waals surface area contributed by atoms with E-state index in [-0.39, 0.29) is 0 Å². The molecule has 1 atom stereocenters. The van der Waals surface area contributed by atoms with E-state index in [2.05, 4.69) is 4.99 Å². The number of hydrogen-bond donors (Lipinski definition) is 1. The van der Waals surface area contributed by atoms with Gasteiger partial charge in [0.1, 0.15) is 0 Å². The van der Waals surface area contributed by atoms with E-state index in [1.54, 1.807) is 47.0 Å². The monoisotopic (exact) mass is 422 g/mol. The van der Waals surface area contributed by atoms with Gasteiger partial charge in [-0.2, -0.15) is 4.99 Å². The maximum Gasteiger partial charge on any atom is 0.331 e. The van der Waals surface area contributed by atoms with Gasteiger partial charge in [0.15, 0.2) is 10.8 Å². The Kier molecular flexibility index (Phi) is 5.29. The molecule has 0 fully saturated rings. The van der Waals surface area contributed by atoms with Crippen molar-refractivity contribution in [2.24, 2.45) is 4.99 Å². The van der Waals surface area contributed by atoms with E-state index in [1.807, 2.05) is 30.3 Å². The van der Waals surface area contributed by atoms with Gasteiger partial charge in [-0.25, -0.2) is 4.79 Å². The fourth-order valence-electron chi connectivity index (χ4n) is 3.13. The number of carboxylic acids is 1. The van der Waals surface area contributed by atoms with Crippen LogP contribution >= 0.6 is 22.9 Å². The molecule has 0 saturated heterocycles. The van der Waals surface area contributed by atoms with E-state index in [9.17, 15) is 14.7 Å². The van der Waals surface area contributed by atoms with Gasteiger partial charge in [0.25, 0.3) is 5.91 Å². The van der Waals surface area contributed by atoms with Crippen LogP contribution in [-0.4, -0.2) is 21.6 Å². The summed E-state index contributed by atoms with van der Waals surface area (Å²) in [4.78, 5) is 29.5. The Morgan fingerprint density at radius 1 is 0.966 bits per heavy atom. The normalized spacial score (nSPS) is 12.8. The molecule has 0 spiro atoms. The summed E-state index contributed by atoms with van der Waals surface area (Å²) in [5.74, 6) is -1.51. The van der Waals surface area contributed by atoms with Crippen molar-refractivity contribution in [1.82, 2.24) is 4.57 Å². The summed E-state index contributed by atoms with van der Waals surface area (Å²) in [5.41, 5.74) is 1.64. The highest BCUT2D eigenvalue weighted by Crippen LogP contribution is 2.25. The molecule has 0 aliphatic carbocycles. The fourth-order valence-corrected chi connectivity index (χ4v) is 4.36. The van der Waals surface area contributed by atoms with E-state index < -0.39 is 17.9 Å². The van der Waals surface area contributed by atoms with Crippen molar-refractivity contribution >= 4 is 45.0 Å². The maximum atomic E-state index is 12.7. The van der Waals surface area contributed by atoms with E-state index in [4.69, 9.17) is 11.6 Å². The van der Waals surface area contributed by atoms with E-state index in [0.717, 1.165) is 4.70 Å². The topological polar surface area (TPSA) is 71.7 Å². The number of thiazole rings is 1. The van der Waals surface area contributed by atoms with Crippen LogP contribution in [0.3, 0.4) is 0 Å². The summed E-state index contributed by atoms with van der Waals surface area (Å²) >= 11 is 7.26. The second kappa shape index (κ2) is 8.03. The number of hydrogen-bond acceptors (Lipinski definition) is 3. The second-order valence-electron chi connectivity index (χ2n) is 6.30. The highest BCUT2D eigenvalue weighted by molar-refractivity contribution is 7.16. The van der Waals surface area contributed by atoms with Crippen LogP contribution in [0.5, 0.6) is 0 Å². The average molecular weight is 423 g/mol. The van der Waals surface area contributed by atoms with Gasteiger partial charge >= 0.3 is 5.97 Å². The number of aliphatic carboxylic acids is 1. The van der Waals surface area contributed by atoms with Gasteiger partial charge in [0, 0.05) is 10.6 Å². The molecule has 0 bridgehead atoms. The molecule has 1 heterocycles. The molecular formula is C22H15ClN2O3S. The first-order chi connectivity index (χ1) is 14.0. The molecule has 1 aromatic heterocycles. The Bertz CT molecular complexity index is 1280. The SMILES string of the molecule is O=C(/N=c1\sc2ccccc2n1C(C(=O)O)c1ccccc1)c1cccc(Cl)c1. The molecule has 29 heavy (non-hydrogen) atoms. The average Bonchev–Trinajstić information content (AvgIpc) is 3.06. The molecule has 4 rings (SSSR count). The predicted octanol–water partition coefficient (Wildman–Crippen LogP) is 4.77. The molecule has 7 heteroatoms. The van der Waals surface area contributed by atoms with Crippen molar-refractivity contribution in [2.75, 3.05) is 0 Å². The number of halogens is 1. The first kappa shape index (κ1) is 19.1. The second-order valence-corrected chi connectivity index (χ2v) is 7.75. The highest BCUT2D eigenvalue weighted by atomic mass is 35.5. The lowest BCUT2D eigenvalue weighted by Gasteiger charge is -2.16. The van der Waals surface area contributed by atoms with Crippen LogP contribution in [0.15, 0.2) is 83.9 Å². The summed E-state index contributed by atoms with van der Waals surface area (Å²) in [5, 5.41) is 10.4. The lowest BCUT2D eigenvalue weighted by atomic mass is 10.1. The zero-order valence-corrected chi connectivity index (χ0v) is 16.6. The Morgan fingerprint density at radius 3 is 2.41 bits per heavy atom. The largest absolute Gasteiger partial charge is 0.479 e. The first-order valence-corrected chi connectivity index (χ1v) is 9.96. The number of amides is 1. The van der Waals surface area contributed by atoms with Gasteiger partial charge < -0.3 is 5.11 Å². The standard InChI is InChI=1S/C22H15ClN2O3S/c23-16-10-6-9-15(13-16)20(26)24-22-25(17-11-4-5-12-18(17)29-22)19(21(27)28)14-7-2-1-3-8-14/h1-13,19H,(H,27,28)/b24-22-. The van der Waals surface area contributed by atoms with Gasteiger partial charge in [-0.05, 0) is 35.9 Å². The van der Waals surface area contributed by atoms with Gasteiger partial charge in [-0.15, -0.1) is 0 Å². The van der Waals surface area contributed by atoms with Gasteiger partial charge in [-0.1, -0.05) is 71.5 Å². The first-order valence-electron chi connectivity index (χ1n) is 8.77. The van der Waals surface area contributed by atoms with E-state index >= 15 is 0 Å². The summed E-state index contributed by atoms with van der Waals surface area (Å²) in [6, 6.07) is 21.8. The number of aromatic nitrogens is 1. The van der Waals surface area contributed by atoms with Crippen LogP contribution in [0.2, 0.25) is 5.02 Å². The number of rotatable bonds is 4. The fraction of sp³-hybridized carbons (Fsp3) is 0.0455. The van der Waals surface area contributed by atoms with Crippen LogP contribution in [0.4, 0.5) is 0 Å². The summed E-state index contributed by atoms with van der Waals surface area (Å²) in [7, 11) is 0. The van der Waals surface area contributed by atoms with Crippen molar-refractivity contribution in [3.05, 3.63) is 99.8 Å². The Hall–Kier alpha value is -3.22. The summed E-state index contributed by atoms with van der Waals surface area (Å²) in [6.45, 7) is 0. The molecular weight excluding hydrogens is 408 g/mol. The van der Waals surface area contributed by atoms with Gasteiger partial charge in [-0.3, -0.25) is 9.36 Å². The summed E-state index contributed by atoms with van der Waals surface area (Å²) < 4.78 is 2.44. The number of fused-ring (bicyclic) bond motifs is 1. The molecule has 0 radical (unpaired) electrons. The van der Waals surface area contributed by atoms with E-state index in [0.29, 0.717) is 26.5 Å². The maximum absolute atomic E-state index is 12.7. The van der Waals surface area contributed by atoms with Crippen molar-refractivity contribution in [1.29, 1.82) is 0 Å². The number of para-hydroxylation sites is 1. The lowest BCUT2D eigenvalue weighted by molar-refractivity contribution is -0.139. The summed E-state index contributed by atoms with van der Waals surface area (Å²) in [6.07, 6.45) is 0. The Labute approximate surface area is 175 Å². The molecule has 1 N–H and O–H groups in total. The van der Waals surface area contributed by atoms with Crippen molar-refractivity contribution in [3.63, 3.8) is 0 Å². The minimum atomic E-state index is -1.03. The zero-order valence-electron chi connectivity index (χ0n) is 15.0. The van der Waals surface area contributed by atoms with Crippen LogP contribution in [0.25, 0.3) is 10.2 Å². The molecule has 3 aromatic carbocycles.